The van der Waals surface area contributed by atoms with Crippen LogP contribution in [0.2, 0.25) is 0 Å². The average Bonchev–Trinajstić information content (AvgIpc) is 3.77. The number of fused-ring (bicyclic) bond motifs is 7. The van der Waals surface area contributed by atoms with Gasteiger partial charge in [-0.1, -0.05) is 140 Å². The van der Waals surface area contributed by atoms with Gasteiger partial charge in [0.25, 0.3) is 0 Å². The lowest BCUT2D eigenvalue weighted by molar-refractivity contribution is 0.669. The predicted molar refractivity (Wildman–Crippen MR) is 219 cm³/mol. The summed E-state index contributed by atoms with van der Waals surface area (Å²) in [6, 6.07) is 61.4. The molecule has 240 valence electrons. The molecular weight excluding hydrogens is 633 g/mol. The molecular formula is C50H28O2. The maximum atomic E-state index is 6.91. The minimum Gasteiger partial charge on any atom is -0.456 e. The van der Waals surface area contributed by atoms with Gasteiger partial charge in [0.2, 0.25) is 0 Å². The second-order valence-corrected chi connectivity index (χ2v) is 14.0. The van der Waals surface area contributed by atoms with E-state index >= 15 is 0 Å². The molecule has 52 heavy (non-hydrogen) atoms. The van der Waals surface area contributed by atoms with Gasteiger partial charge in [0, 0.05) is 27.1 Å². The Kier molecular flexibility index (Phi) is 5.53. The van der Waals surface area contributed by atoms with Crippen molar-refractivity contribution in [3.05, 3.63) is 170 Å². The zero-order valence-corrected chi connectivity index (χ0v) is 28.0. The van der Waals surface area contributed by atoms with E-state index in [-0.39, 0.29) is 0 Å². The SMILES string of the molecule is c1ccc2cc3c(cc2c1)oc1c(-c2cccc4oc5ccccc5c24)ccc(-c2ccc(-c4ccc5ccc6cccc7ccc4c5c67)cc2)c13. The largest absolute Gasteiger partial charge is 0.456 e. The summed E-state index contributed by atoms with van der Waals surface area (Å²) in [4.78, 5) is 0. The number of benzene rings is 10. The molecule has 0 aliphatic heterocycles. The normalized spacial score (nSPS) is 12.2. The van der Waals surface area contributed by atoms with Gasteiger partial charge in [-0.05, 0) is 101 Å². The Bertz CT molecular complexity index is 3380. The molecule has 0 spiro atoms. The third-order valence-electron chi connectivity index (χ3n) is 11.2. The molecule has 2 aromatic heterocycles. The van der Waals surface area contributed by atoms with E-state index in [4.69, 9.17) is 8.83 Å². The molecule has 0 saturated heterocycles. The lowest BCUT2D eigenvalue weighted by Gasteiger charge is -2.14. The summed E-state index contributed by atoms with van der Waals surface area (Å²) in [5, 5.41) is 14.6. The van der Waals surface area contributed by atoms with Crippen LogP contribution in [0.15, 0.2) is 179 Å². The lowest BCUT2D eigenvalue weighted by atomic mass is 9.89. The molecule has 10 aromatic carbocycles. The fourth-order valence-electron chi connectivity index (χ4n) is 8.83. The highest BCUT2D eigenvalue weighted by Gasteiger charge is 2.21. The van der Waals surface area contributed by atoms with Gasteiger partial charge in [0.05, 0.1) is 0 Å². The van der Waals surface area contributed by atoms with Crippen LogP contribution in [0.5, 0.6) is 0 Å². The van der Waals surface area contributed by atoms with Crippen molar-refractivity contribution in [3.63, 3.8) is 0 Å². The lowest BCUT2D eigenvalue weighted by Crippen LogP contribution is -1.88. The van der Waals surface area contributed by atoms with E-state index in [0.29, 0.717) is 0 Å². The molecule has 0 radical (unpaired) electrons. The van der Waals surface area contributed by atoms with Crippen molar-refractivity contribution in [1.29, 1.82) is 0 Å². The summed E-state index contributed by atoms with van der Waals surface area (Å²) in [7, 11) is 0. The standard InChI is InChI=1S/C50H28O2/c1-2-8-35-28-45-42(27-34(35)7-1)49-37(25-26-40(50(49)52-45)38-12-6-14-44-48(38)41-11-3-4-13-43(41)51-44)30-17-15-29(16-18-30)36-23-21-33-20-19-31-9-5-10-32-22-24-39(36)47(33)46(31)32/h1-28H. The van der Waals surface area contributed by atoms with Crippen molar-refractivity contribution >= 4 is 87.0 Å². The first-order valence-corrected chi connectivity index (χ1v) is 17.8. The van der Waals surface area contributed by atoms with Crippen LogP contribution >= 0.6 is 0 Å². The molecule has 0 atom stereocenters. The Balaban J connectivity index is 1.08. The number of hydrogen-bond donors (Lipinski definition) is 0. The van der Waals surface area contributed by atoms with Crippen molar-refractivity contribution in [1.82, 2.24) is 0 Å². The van der Waals surface area contributed by atoms with Crippen LogP contribution < -0.4 is 0 Å². The van der Waals surface area contributed by atoms with Crippen LogP contribution in [0.1, 0.15) is 0 Å². The Morgan fingerprint density at radius 2 is 0.885 bits per heavy atom. The monoisotopic (exact) mass is 660 g/mol. The topological polar surface area (TPSA) is 26.3 Å². The molecule has 2 heteroatoms. The van der Waals surface area contributed by atoms with Crippen LogP contribution in [0.3, 0.4) is 0 Å². The smallest absolute Gasteiger partial charge is 0.143 e. The molecule has 0 amide bonds. The van der Waals surface area contributed by atoms with E-state index in [9.17, 15) is 0 Å². The van der Waals surface area contributed by atoms with E-state index < -0.39 is 0 Å². The highest BCUT2D eigenvalue weighted by atomic mass is 16.3. The molecule has 0 bridgehead atoms. The molecule has 0 aliphatic carbocycles. The number of hydrogen-bond acceptors (Lipinski definition) is 2. The minimum atomic E-state index is 0.875. The molecule has 0 aliphatic rings. The fourth-order valence-corrected chi connectivity index (χ4v) is 8.83. The molecule has 0 fully saturated rings. The summed E-state index contributed by atoms with van der Waals surface area (Å²) in [5.74, 6) is 0. The Morgan fingerprint density at radius 3 is 1.73 bits per heavy atom. The molecule has 2 heterocycles. The molecule has 0 N–H and O–H groups in total. The average molecular weight is 661 g/mol. The van der Waals surface area contributed by atoms with Crippen molar-refractivity contribution in [2.45, 2.75) is 0 Å². The summed E-state index contributed by atoms with van der Waals surface area (Å²) in [6.07, 6.45) is 0. The summed E-state index contributed by atoms with van der Waals surface area (Å²) in [6.45, 7) is 0. The van der Waals surface area contributed by atoms with E-state index in [1.165, 1.54) is 48.8 Å². The number of rotatable bonds is 3. The molecule has 0 saturated carbocycles. The Hall–Kier alpha value is -6.90. The zero-order chi connectivity index (χ0) is 33.9. The zero-order valence-electron chi connectivity index (χ0n) is 28.0. The molecule has 12 rings (SSSR count). The van der Waals surface area contributed by atoms with Crippen molar-refractivity contribution < 1.29 is 8.83 Å². The highest BCUT2D eigenvalue weighted by molar-refractivity contribution is 6.26. The fraction of sp³-hybridized carbons (Fsp3) is 0. The van der Waals surface area contributed by atoms with Gasteiger partial charge < -0.3 is 8.83 Å². The quantitative estimate of drug-likeness (QED) is 0.176. The molecule has 2 nitrogen and oxygen atoms in total. The van der Waals surface area contributed by atoms with Gasteiger partial charge in [-0.15, -0.1) is 0 Å². The van der Waals surface area contributed by atoms with Crippen molar-refractivity contribution in [3.8, 4) is 33.4 Å². The van der Waals surface area contributed by atoms with Crippen LogP contribution in [-0.2, 0) is 0 Å². The van der Waals surface area contributed by atoms with Crippen molar-refractivity contribution in [2.75, 3.05) is 0 Å². The third kappa shape index (κ3) is 3.84. The second-order valence-electron chi connectivity index (χ2n) is 14.0. The van der Waals surface area contributed by atoms with Gasteiger partial charge >= 0.3 is 0 Å². The number of furan rings is 2. The number of para-hydroxylation sites is 1. The van der Waals surface area contributed by atoms with Crippen molar-refractivity contribution in [2.24, 2.45) is 0 Å². The first kappa shape index (κ1) is 27.9. The van der Waals surface area contributed by atoms with E-state index in [1.807, 2.05) is 12.1 Å². The van der Waals surface area contributed by atoms with Gasteiger partial charge in [0.1, 0.15) is 22.3 Å². The Labute approximate surface area is 298 Å². The molecule has 0 unspecified atom stereocenters. The highest BCUT2D eigenvalue weighted by Crippen LogP contribution is 2.46. The van der Waals surface area contributed by atoms with E-state index in [2.05, 4.69) is 158 Å². The van der Waals surface area contributed by atoms with Crippen LogP contribution in [0, 0.1) is 0 Å². The third-order valence-corrected chi connectivity index (χ3v) is 11.2. The maximum Gasteiger partial charge on any atom is 0.143 e. The first-order valence-electron chi connectivity index (χ1n) is 17.8. The Morgan fingerprint density at radius 1 is 0.269 bits per heavy atom. The van der Waals surface area contributed by atoms with Crippen LogP contribution in [0.4, 0.5) is 0 Å². The van der Waals surface area contributed by atoms with Crippen LogP contribution in [0.25, 0.3) is 120 Å². The summed E-state index contributed by atoms with van der Waals surface area (Å²) in [5.41, 5.74) is 10.5. The van der Waals surface area contributed by atoms with Gasteiger partial charge in [-0.3, -0.25) is 0 Å². The summed E-state index contributed by atoms with van der Waals surface area (Å²) < 4.78 is 13.2. The van der Waals surface area contributed by atoms with Gasteiger partial charge in [0.15, 0.2) is 0 Å². The van der Waals surface area contributed by atoms with Crippen LogP contribution in [-0.4, -0.2) is 0 Å². The van der Waals surface area contributed by atoms with E-state index in [0.717, 1.165) is 71.5 Å². The van der Waals surface area contributed by atoms with Gasteiger partial charge in [-0.2, -0.15) is 0 Å². The second kappa shape index (κ2) is 10.3. The molecule has 12 aromatic rings. The minimum absolute atomic E-state index is 0.875. The first-order chi connectivity index (χ1) is 25.8. The van der Waals surface area contributed by atoms with E-state index in [1.54, 1.807) is 0 Å². The van der Waals surface area contributed by atoms with Gasteiger partial charge in [-0.25, -0.2) is 0 Å². The predicted octanol–water partition coefficient (Wildman–Crippen LogP) is 14.5. The summed E-state index contributed by atoms with van der Waals surface area (Å²) >= 11 is 0. The maximum absolute atomic E-state index is 6.91.